The summed E-state index contributed by atoms with van der Waals surface area (Å²) in [6.45, 7) is 3.61. The molecule has 2 N–H and O–H groups in total. The van der Waals surface area contributed by atoms with Crippen LogP contribution in [-0.2, 0) is 14.4 Å². The minimum Gasteiger partial charge on any atom is -0.324 e. The molecule has 0 aromatic heterocycles. The lowest BCUT2D eigenvalue weighted by Crippen LogP contribution is -2.12. The number of hydrogen-bond acceptors (Lipinski definition) is 3. The van der Waals surface area contributed by atoms with Crippen LogP contribution in [0.4, 0.5) is 0 Å². The van der Waals surface area contributed by atoms with Crippen molar-refractivity contribution in [2.24, 2.45) is 0 Å². The maximum atomic E-state index is 11.5. The molecule has 1 rings (SSSR count). The van der Waals surface area contributed by atoms with E-state index in [1.54, 1.807) is 30.3 Å². The molecule has 0 saturated carbocycles. The van der Waals surface area contributed by atoms with E-state index in [4.69, 9.17) is 9.79 Å². The molecule has 0 bridgehead atoms. The van der Waals surface area contributed by atoms with Crippen molar-refractivity contribution in [3.8, 4) is 0 Å². The second kappa shape index (κ2) is 5.14. The third-order valence-corrected chi connectivity index (χ3v) is 5.65. The summed E-state index contributed by atoms with van der Waals surface area (Å²) in [5.74, 6) is -0.456. The van der Waals surface area contributed by atoms with Gasteiger partial charge in [0.2, 0.25) is 0 Å². The second-order valence-corrected chi connectivity index (χ2v) is 7.79. The van der Waals surface area contributed by atoms with Gasteiger partial charge in [0, 0.05) is 0 Å². The predicted octanol–water partition coefficient (Wildman–Crippen LogP) is 1.25. The van der Waals surface area contributed by atoms with Gasteiger partial charge in [-0.3, -0.25) is 4.57 Å². The Balaban J connectivity index is 2.80. The number of benzene rings is 1. The summed E-state index contributed by atoms with van der Waals surface area (Å²) in [6.07, 6.45) is 0. The van der Waals surface area contributed by atoms with Crippen LogP contribution in [0.15, 0.2) is 36.9 Å². The average molecular weight is 276 g/mol. The molecule has 1 aromatic carbocycles. The van der Waals surface area contributed by atoms with Gasteiger partial charge in [0.15, 0.2) is 15.3 Å². The lowest BCUT2D eigenvalue weighted by molar-refractivity contribution is 0.378. The van der Waals surface area contributed by atoms with Gasteiger partial charge < -0.3 is 9.79 Å². The minimum atomic E-state index is -4.56. The van der Waals surface area contributed by atoms with E-state index in [0.717, 1.165) is 0 Å². The zero-order chi connectivity index (χ0) is 13.1. The van der Waals surface area contributed by atoms with Crippen molar-refractivity contribution in [2.75, 3.05) is 11.2 Å². The van der Waals surface area contributed by atoms with Crippen LogP contribution in [0.1, 0.15) is 5.56 Å². The SMILES string of the molecule is C=C(CS(=O)(=O)CP(=O)(O)O)c1ccccc1. The van der Waals surface area contributed by atoms with E-state index in [1.807, 2.05) is 0 Å². The maximum absolute atomic E-state index is 11.5. The molecule has 0 amide bonds. The molecule has 94 valence electrons. The maximum Gasteiger partial charge on any atom is 0.340 e. The highest BCUT2D eigenvalue weighted by molar-refractivity contribution is 7.97. The van der Waals surface area contributed by atoms with E-state index in [2.05, 4.69) is 6.58 Å². The molecular formula is C10H13O5PS. The van der Waals surface area contributed by atoms with Gasteiger partial charge in [-0.15, -0.1) is 0 Å². The van der Waals surface area contributed by atoms with Gasteiger partial charge in [0.25, 0.3) is 0 Å². The Morgan fingerprint density at radius 1 is 1.24 bits per heavy atom. The highest BCUT2D eigenvalue weighted by atomic mass is 32.2. The van der Waals surface area contributed by atoms with E-state index in [-0.39, 0.29) is 0 Å². The van der Waals surface area contributed by atoms with E-state index < -0.39 is 28.7 Å². The molecule has 0 atom stereocenters. The van der Waals surface area contributed by atoms with Crippen molar-refractivity contribution in [3.63, 3.8) is 0 Å². The van der Waals surface area contributed by atoms with Crippen LogP contribution < -0.4 is 0 Å². The molecule has 0 fully saturated rings. The lowest BCUT2D eigenvalue weighted by atomic mass is 10.1. The molecule has 1 aromatic rings. The summed E-state index contributed by atoms with van der Waals surface area (Å²) < 4.78 is 33.6. The largest absolute Gasteiger partial charge is 0.340 e. The van der Waals surface area contributed by atoms with E-state index in [0.29, 0.717) is 11.1 Å². The summed E-state index contributed by atoms with van der Waals surface area (Å²) in [4.78, 5) is 17.3. The van der Waals surface area contributed by atoms with Crippen LogP contribution in [0, 0.1) is 0 Å². The van der Waals surface area contributed by atoms with Crippen molar-refractivity contribution in [3.05, 3.63) is 42.5 Å². The first-order chi connectivity index (χ1) is 7.70. The topological polar surface area (TPSA) is 91.7 Å². The van der Waals surface area contributed by atoms with Gasteiger partial charge in [-0.1, -0.05) is 36.9 Å². The van der Waals surface area contributed by atoms with Gasteiger partial charge in [0.05, 0.1) is 5.75 Å². The Morgan fingerprint density at radius 2 is 1.76 bits per heavy atom. The molecule has 0 aliphatic heterocycles. The molecular weight excluding hydrogens is 263 g/mol. The lowest BCUT2D eigenvalue weighted by Gasteiger charge is -2.08. The first kappa shape index (κ1) is 14.1. The van der Waals surface area contributed by atoms with E-state index in [9.17, 15) is 13.0 Å². The fourth-order valence-corrected chi connectivity index (χ4v) is 4.44. The highest BCUT2D eigenvalue weighted by Crippen LogP contribution is 2.36. The van der Waals surface area contributed by atoms with E-state index in [1.165, 1.54) is 0 Å². The molecule has 5 nitrogen and oxygen atoms in total. The summed E-state index contributed by atoms with van der Waals surface area (Å²) in [5.41, 5.74) is -0.188. The quantitative estimate of drug-likeness (QED) is 0.790. The monoisotopic (exact) mass is 276 g/mol. The standard InChI is InChI=1S/C10H13O5PS/c1-9(10-5-3-2-4-6-10)7-17(14,15)8-16(11,12)13/h2-6H,1,7-8H2,(H2,11,12,13). The molecule has 0 saturated heterocycles. The van der Waals surface area contributed by atoms with Gasteiger partial charge >= 0.3 is 7.60 Å². The zero-order valence-corrected chi connectivity index (χ0v) is 10.7. The first-order valence-corrected chi connectivity index (χ1v) is 8.30. The van der Waals surface area contributed by atoms with Gasteiger partial charge in [-0.2, -0.15) is 0 Å². The summed E-state index contributed by atoms with van der Waals surface area (Å²) in [5, 5.41) is 0. The molecule has 17 heavy (non-hydrogen) atoms. The number of sulfone groups is 1. The summed E-state index contributed by atoms with van der Waals surface area (Å²) in [7, 11) is -8.41. The van der Waals surface area contributed by atoms with E-state index >= 15 is 0 Å². The third kappa shape index (κ3) is 5.28. The summed E-state index contributed by atoms with van der Waals surface area (Å²) in [6, 6.07) is 8.62. The molecule has 0 aliphatic carbocycles. The van der Waals surface area contributed by atoms with Gasteiger partial charge in [0.1, 0.15) is 0 Å². The molecule has 0 spiro atoms. The Kier molecular flexibility index (Phi) is 4.27. The smallest absolute Gasteiger partial charge is 0.324 e. The van der Waals surface area contributed by atoms with Crippen LogP contribution in [0.2, 0.25) is 0 Å². The van der Waals surface area contributed by atoms with Crippen LogP contribution in [-0.4, -0.2) is 29.5 Å². The van der Waals surface area contributed by atoms with Gasteiger partial charge in [-0.25, -0.2) is 8.42 Å². The Bertz CT molecular complexity index is 543. The fraction of sp³-hybridized carbons (Fsp3) is 0.200. The van der Waals surface area contributed by atoms with Crippen molar-refractivity contribution >= 4 is 23.0 Å². The minimum absolute atomic E-state index is 0.319. The zero-order valence-electron chi connectivity index (χ0n) is 8.98. The highest BCUT2D eigenvalue weighted by Gasteiger charge is 2.25. The Labute approximate surface area is 99.9 Å². The predicted molar refractivity (Wildman–Crippen MR) is 66.2 cm³/mol. The van der Waals surface area contributed by atoms with Crippen molar-refractivity contribution in [1.82, 2.24) is 0 Å². The van der Waals surface area contributed by atoms with Crippen molar-refractivity contribution in [1.29, 1.82) is 0 Å². The van der Waals surface area contributed by atoms with Crippen LogP contribution in [0.25, 0.3) is 5.57 Å². The molecule has 0 heterocycles. The second-order valence-electron chi connectivity index (χ2n) is 3.65. The molecule has 0 radical (unpaired) electrons. The Morgan fingerprint density at radius 3 is 2.24 bits per heavy atom. The number of hydrogen-bond donors (Lipinski definition) is 2. The van der Waals surface area contributed by atoms with Crippen LogP contribution in [0.5, 0.6) is 0 Å². The average Bonchev–Trinajstić information content (AvgIpc) is 2.14. The van der Waals surface area contributed by atoms with Crippen molar-refractivity contribution in [2.45, 2.75) is 0 Å². The van der Waals surface area contributed by atoms with Crippen molar-refractivity contribution < 1.29 is 22.8 Å². The normalized spacial score (nSPS) is 12.4. The first-order valence-electron chi connectivity index (χ1n) is 4.68. The third-order valence-electron chi connectivity index (χ3n) is 1.94. The fourth-order valence-electron chi connectivity index (χ4n) is 1.32. The molecule has 7 heteroatoms. The number of rotatable bonds is 5. The summed E-state index contributed by atoms with van der Waals surface area (Å²) >= 11 is 0. The molecule has 0 aliphatic rings. The Hall–Kier alpha value is -0.940. The van der Waals surface area contributed by atoms with Crippen LogP contribution >= 0.6 is 7.60 Å². The molecule has 0 unspecified atom stereocenters. The van der Waals surface area contributed by atoms with Crippen LogP contribution in [0.3, 0.4) is 0 Å². The van der Waals surface area contributed by atoms with Gasteiger partial charge in [-0.05, 0) is 11.1 Å².